The first kappa shape index (κ1) is 10.5. The van der Waals surface area contributed by atoms with Crippen molar-refractivity contribution in [1.82, 2.24) is 4.98 Å². The molecule has 1 heterocycles. The van der Waals surface area contributed by atoms with Gasteiger partial charge in [0.25, 0.3) is 11.7 Å². The number of pyridine rings is 1. The Balaban J connectivity index is 3.30. The van der Waals surface area contributed by atoms with Crippen LogP contribution in [0.25, 0.3) is 0 Å². The molecule has 1 aromatic heterocycles. The first-order valence-corrected chi connectivity index (χ1v) is 3.83. The van der Waals surface area contributed by atoms with Gasteiger partial charge in [0.15, 0.2) is 0 Å². The topological polar surface area (TPSA) is 53.8 Å². The number of halogens is 3. The monoisotopic (exact) mass is 216 g/mol. The Morgan fingerprint density at radius 1 is 1.57 bits per heavy atom. The van der Waals surface area contributed by atoms with E-state index in [0.29, 0.717) is 0 Å². The molecule has 0 amide bonds. The Morgan fingerprint density at radius 2 is 2.21 bits per heavy atom. The second-order valence-corrected chi connectivity index (χ2v) is 2.66. The smallest absolute Gasteiger partial charge is 0.274 e. The molecule has 72 valence electrons. The summed E-state index contributed by atoms with van der Waals surface area (Å²) in [5, 5.41) is 7.48. The zero-order valence-electron chi connectivity index (χ0n) is 6.67. The Bertz CT molecular complexity index is 414. The third kappa shape index (κ3) is 2.03. The molecule has 1 rings (SSSR count). The largest absolute Gasteiger partial charge is 0.280 e. The number of nitriles is 1. The summed E-state index contributed by atoms with van der Waals surface area (Å²) in [5.41, 5.74) is -1.13. The minimum Gasteiger partial charge on any atom is -0.274 e. The van der Waals surface area contributed by atoms with Crippen molar-refractivity contribution in [2.45, 2.75) is 6.43 Å². The summed E-state index contributed by atoms with van der Waals surface area (Å²) in [6.07, 6.45) is -2.79. The highest BCUT2D eigenvalue weighted by atomic mass is 35.5. The van der Waals surface area contributed by atoms with Crippen LogP contribution in [0.2, 0.25) is 0 Å². The molecule has 1 aromatic rings. The van der Waals surface area contributed by atoms with Crippen LogP contribution in [0.15, 0.2) is 12.1 Å². The molecular formula is C8H3ClF2N2O. The summed E-state index contributed by atoms with van der Waals surface area (Å²) in [5.74, 6) is 0. The van der Waals surface area contributed by atoms with Gasteiger partial charge in [-0.05, 0) is 23.7 Å². The molecular weight excluding hydrogens is 214 g/mol. The highest BCUT2D eigenvalue weighted by Gasteiger charge is 2.16. The highest BCUT2D eigenvalue weighted by Crippen LogP contribution is 2.18. The third-order valence-electron chi connectivity index (χ3n) is 1.45. The molecule has 0 spiro atoms. The molecule has 0 saturated heterocycles. The van der Waals surface area contributed by atoms with E-state index in [1.54, 1.807) is 6.07 Å². The maximum Gasteiger partial charge on any atom is 0.280 e. The Labute approximate surface area is 82.9 Å². The molecule has 0 N–H and O–H groups in total. The molecule has 14 heavy (non-hydrogen) atoms. The molecule has 0 aliphatic heterocycles. The normalized spacial score (nSPS) is 9.93. The Kier molecular flexibility index (Phi) is 3.10. The van der Waals surface area contributed by atoms with Gasteiger partial charge in [-0.1, -0.05) is 0 Å². The quantitative estimate of drug-likeness (QED) is 0.713. The van der Waals surface area contributed by atoms with Gasteiger partial charge in [0.2, 0.25) is 0 Å². The minimum atomic E-state index is -2.79. The molecule has 6 heteroatoms. The van der Waals surface area contributed by atoms with Crippen LogP contribution >= 0.6 is 11.6 Å². The summed E-state index contributed by atoms with van der Waals surface area (Å²) in [7, 11) is 0. The molecule has 3 nitrogen and oxygen atoms in total. The maximum absolute atomic E-state index is 12.1. The van der Waals surface area contributed by atoms with Gasteiger partial charge in [-0.3, -0.25) is 4.79 Å². The van der Waals surface area contributed by atoms with E-state index in [2.05, 4.69) is 4.98 Å². The van der Waals surface area contributed by atoms with Crippen LogP contribution in [0.5, 0.6) is 0 Å². The van der Waals surface area contributed by atoms with Crippen LogP contribution in [-0.4, -0.2) is 10.2 Å². The average molecular weight is 217 g/mol. The highest BCUT2D eigenvalue weighted by molar-refractivity contribution is 6.67. The van der Waals surface area contributed by atoms with Crippen LogP contribution in [0.1, 0.15) is 28.2 Å². The second kappa shape index (κ2) is 4.11. The van der Waals surface area contributed by atoms with Crippen LogP contribution in [0.4, 0.5) is 8.78 Å². The summed E-state index contributed by atoms with van der Waals surface area (Å²) >= 11 is 5.07. The zero-order chi connectivity index (χ0) is 10.7. The first-order valence-electron chi connectivity index (χ1n) is 3.45. The van der Waals surface area contributed by atoms with E-state index >= 15 is 0 Å². The number of alkyl halides is 2. The molecule has 0 atom stereocenters. The van der Waals surface area contributed by atoms with Crippen molar-refractivity contribution >= 4 is 16.8 Å². The fourth-order valence-corrected chi connectivity index (χ4v) is 0.980. The lowest BCUT2D eigenvalue weighted by Gasteiger charge is -2.01. The fraction of sp³-hybridized carbons (Fsp3) is 0.125. The zero-order valence-corrected chi connectivity index (χ0v) is 7.42. The molecule has 0 saturated carbocycles. The lowest BCUT2D eigenvalue weighted by molar-refractivity contribution is 0.107. The van der Waals surface area contributed by atoms with Gasteiger partial charge in [0.05, 0.1) is 5.56 Å². The number of hydrogen-bond donors (Lipinski definition) is 0. The van der Waals surface area contributed by atoms with Crippen molar-refractivity contribution in [1.29, 1.82) is 5.26 Å². The maximum atomic E-state index is 12.1. The van der Waals surface area contributed by atoms with E-state index in [0.717, 1.165) is 12.1 Å². The van der Waals surface area contributed by atoms with Crippen LogP contribution < -0.4 is 0 Å². The Hall–Kier alpha value is -1.54. The van der Waals surface area contributed by atoms with Crippen molar-refractivity contribution in [3.05, 3.63) is 29.1 Å². The number of carbonyl (C=O) groups is 1. The van der Waals surface area contributed by atoms with Gasteiger partial charge in [-0.2, -0.15) is 5.26 Å². The van der Waals surface area contributed by atoms with Gasteiger partial charge in [0, 0.05) is 0 Å². The SMILES string of the molecule is N#Cc1ccc(C(F)F)nc1C(=O)Cl. The number of hydrogen-bond acceptors (Lipinski definition) is 3. The van der Waals surface area contributed by atoms with Gasteiger partial charge in [-0.15, -0.1) is 0 Å². The molecule has 0 radical (unpaired) electrons. The predicted molar refractivity (Wildman–Crippen MR) is 44.1 cm³/mol. The molecule has 0 aliphatic carbocycles. The molecule has 0 bridgehead atoms. The number of aromatic nitrogens is 1. The molecule has 0 unspecified atom stereocenters. The third-order valence-corrected chi connectivity index (χ3v) is 1.63. The van der Waals surface area contributed by atoms with E-state index < -0.39 is 23.1 Å². The van der Waals surface area contributed by atoms with Crippen LogP contribution in [0, 0.1) is 11.3 Å². The van der Waals surface area contributed by atoms with Gasteiger partial charge < -0.3 is 0 Å². The number of rotatable bonds is 2. The average Bonchev–Trinajstić information content (AvgIpc) is 2.16. The number of nitrogens with zero attached hydrogens (tertiary/aromatic N) is 2. The first-order chi connectivity index (χ1) is 6.56. The summed E-state index contributed by atoms with van der Waals surface area (Å²) < 4.78 is 24.3. The van der Waals surface area contributed by atoms with Crippen LogP contribution in [0.3, 0.4) is 0 Å². The Morgan fingerprint density at radius 3 is 2.64 bits per heavy atom. The van der Waals surface area contributed by atoms with E-state index in [1.807, 2.05) is 0 Å². The molecule has 0 aliphatic rings. The molecule has 0 fully saturated rings. The standard InChI is InChI=1S/C8H3ClF2N2O/c9-7(14)6-4(3-12)1-2-5(13-6)8(10)11/h1-2,8H. The van der Waals surface area contributed by atoms with E-state index in [4.69, 9.17) is 16.9 Å². The van der Waals surface area contributed by atoms with Gasteiger partial charge >= 0.3 is 0 Å². The molecule has 0 aromatic carbocycles. The van der Waals surface area contributed by atoms with Crippen molar-refractivity contribution < 1.29 is 13.6 Å². The summed E-state index contributed by atoms with van der Waals surface area (Å²) in [4.78, 5) is 14.0. The van der Waals surface area contributed by atoms with Crippen LogP contribution in [-0.2, 0) is 0 Å². The fourth-order valence-electron chi connectivity index (χ4n) is 0.836. The van der Waals surface area contributed by atoms with E-state index in [9.17, 15) is 13.6 Å². The van der Waals surface area contributed by atoms with Crippen molar-refractivity contribution in [3.8, 4) is 6.07 Å². The van der Waals surface area contributed by atoms with Crippen molar-refractivity contribution in [2.24, 2.45) is 0 Å². The van der Waals surface area contributed by atoms with Crippen molar-refractivity contribution in [2.75, 3.05) is 0 Å². The van der Waals surface area contributed by atoms with Crippen molar-refractivity contribution in [3.63, 3.8) is 0 Å². The lowest BCUT2D eigenvalue weighted by Crippen LogP contribution is -2.02. The number of carbonyl (C=O) groups excluding carboxylic acids is 1. The van der Waals surface area contributed by atoms with E-state index in [1.165, 1.54) is 0 Å². The van der Waals surface area contributed by atoms with Gasteiger partial charge in [-0.25, -0.2) is 13.8 Å². The second-order valence-electron chi connectivity index (χ2n) is 2.32. The summed E-state index contributed by atoms with van der Waals surface area (Å²) in [6.45, 7) is 0. The van der Waals surface area contributed by atoms with Gasteiger partial charge in [0.1, 0.15) is 17.5 Å². The predicted octanol–water partition coefficient (Wildman–Crippen LogP) is 2.27. The summed E-state index contributed by atoms with van der Waals surface area (Å²) in [6, 6.07) is 3.70. The minimum absolute atomic E-state index is 0.116. The lowest BCUT2D eigenvalue weighted by atomic mass is 10.2. The van der Waals surface area contributed by atoms with E-state index in [-0.39, 0.29) is 5.56 Å².